The van der Waals surface area contributed by atoms with Crippen molar-refractivity contribution >= 4 is 32.8 Å². The number of aromatic nitrogens is 5. The fourth-order valence-electron chi connectivity index (χ4n) is 4.45. The maximum absolute atomic E-state index is 13.1. The average Bonchev–Trinajstić information content (AvgIpc) is 3.42. The van der Waals surface area contributed by atoms with E-state index in [1.807, 2.05) is 48.0 Å². The van der Waals surface area contributed by atoms with Crippen molar-refractivity contribution in [3.05, 3.63) is 54.4 Å². The number of piperidine rings is 1. The fourth-order valence-corrected chi connectivity index (χ4v) is 6.84. The zero-order valence-corrected chi connectivity index (χ0v) is 21.0. The molecule has 3 heterocycles. The van der Waals surface area contributed by atoms with E-state index in [1.54, 1.807) is 28.2 Å². The number of hydrogen-bond donors (Lipinski definition) is 0. The van der Waals surface area contributed by atoms with E-state index in [0.29, 0.717) is 29.3 Å². The highest BCUT2D eigenvalue weighted by Gasteiger charge is 2.26. The Labute approximate surface area is 204 Å². The summed E-state index contributed by atoms with van der Waals surface area (Å²) in [6.07, 6.45) is 2.92. The number of hydrogen-bond acceptors (Lipinski definition) is 6. The zero-order chi connectivity index (χ0) is 23.7. The van der Waals surface area contributed by atoms with Gasteiger partial charge < -0.3 is 9.13 Å². The van der Waals surface area contributed by atoms with Crippen molar-refractivity contribution in [2.75, 3.05) is 13.1 Å². The Hall–Kier alpha value is -2.69. The summed E-state index contributed by atoms with van der Waals surface area (Å²) in [6, 6.07) is 15.3. The normalized spacial score (nSPS) is 15.2. The van der Waals surface area contributed by atoms with Crippen LogP contribution < -0.4 is 0 Å². The fraction of sp³-hybridized carbons (Fsp3) is 0.375. The standard InChI is InChI=1S/C24H28N6O2S2/c1-3-30-21-13-12-19(34(31,32)29-14-8-5-9-15-29)16-20(21)25-22(30)17-33-24-27-26-23(28(24)2)18-10-6-4-7-11-18/h4,6-7,10-13,16H,3,5,8-9,14-15,17H2,1-2H3. The van der Waals surface area contributed by atoms with Gasteiger partial charge in [-0.15, -0.1) is 10.2 Å². The van der Waals surface area contributed by atoms with Crippen molar-refractivity contribution in [2.45, 2.75) is 48.5 Å². The van der Waals surface area contributed by atoms with Crippen LogP contribution in [0.15, 0.2) is 58.6 Å². The third kappa shape index (κ3) is 4.25. The van der Waals surface area contributed by atoms with Crippen molar-refractivity contribution in [3.63, 3.8) is 0 Å². The van der Waals surface area contributed by atoms with E-state index < -0.39 is 10.0 Å². The summed E-state index contributed by atoms with van der Waals surface area (Å²) in [4.78, 5) is 5.14. The van der Waals surface area contributed by atoms with Crippen LogP contribution in [0.2, 0.25) is 0 Å². The number of nitrogens with zero attached hydrogens (tertiary/aromatic N) is 6. The molecule has 2 aromatic heterocycles. The average molecular weight is 497 g/mol. The first-order chi connectivity index (χ1) is 16.5. The van der Waals surface area contributed by atoms with Gasteiger partial charge in [-0.25, -0.2) is 13.4 Å². The number of benzene rings is 2. The lowest BCUT2D eigenvalue weighted by Crippen LogP contribution is -2.35. The summed E-state index contributed by atoms with van der Waals surface area (Å²) in [6.45, 7) is 4.00. The van der Waals surface area contributed by atoms with Gasteiger partial charge in [0.05, 0.1) is 21.7 Å². The van der Waals surface area contributed by atoms with Gasteiger partial charge in [0.2, 0.25) is 10.0 Å². The Morgan fingerprint density at radius 2 is 1.76 bits per heavy atom. The minimum Gasteiger partial charge on any atom is -0.328 e. The van der Waals surface area contributed by atoms with Gasteiger partial charge in [-0.1, -0.05) is 48.5 Å². The lowest BCUT2D eigenvalue weighted by atomic mass is 10.2. The number of rotatable bonds is 7. The molecule has 1 aliphatic heterocycles. The SMILES string of the molecule is CCn1c(CSc2nnc(-c3ccccc3)n2C)nc2cc(S(=O)(=O)N3CCCCC3)ccc21. The first kappa shape index (κ1) is 23.1. The largest absolute Gasteiger partial charge is 0.328 e. The monoisotopic (exact) mass is 496 g/mol. The van der Waals surface area contributed by atoms with Crippen molar-refractivity contribution in [1.29, 1.82) is 0 Å². The molecule has 0 N–H and O–H groups in total. The van der Waals surface area contributed by atoms with Crippen molar-refractivity contribution in [3.8, 4) is 11.4 Å². The molecular formula is C24H28N6O2S2. The van der Waals surface area contributed by atoms with Crippen molar-refractivity contribution in [1.82, 2.24) is 28.6 Å². The van der Waals surface area contributed by atoms with E-state index in [9.17, 15) is 8.42 Å². The highest BCUT2D eigenvalue weighted by atomic mass is 32.2. The summed E-state index contributed by atoms with van der Waals surface area (Å²) in [5.41, 5.74) is 2.67. The quantitative estimate of drug-likeness (QED) is 0.354. The van der Waals surface area contributed by atoms with Gasteiger partial charge in [0.1, 0.15) is 5.82 Å². The topological polar surface area (TPSA) is 85.9 Å². The van der Waals surface area contributed by atoms with Gasteiger partial charge in [-0.3, -0.25) is 0 Å². The van der Waals surface area contributed by atoms with E-state index in [4.69, 9.17) is 4.98 Å². The molecule has 2 aromatic carbocycles. The highest BCUT2D eigenvalue weighted by molar-refractivity contribution is 7.98. The predicted molar refractivity (Wildman–Crippen MR) is 134 cm³/mol. The smallest absolute Gasteiger partial charge is 0.243 e. The van der Waals surface area contributed by atoms with Gasteiger partial charge in [0, 0.05) is 32.2 Å². The number of sulfonamides is 1. The molecule has 1 fully saturated rings. The third-order valence-electron chi connectivity index (χ3n) is 6.27. The van der Waals surface area contributed by atoms with Crippen LogP contribution in [0.3, 0.4) is 0 Å². The van der Waals surface area contributed by atoms with E-state index in [1.165, 1.54) is 0 Å². The number of imidazole rings is 1. The third-order valence-corrected chi connectivity index (χ3v) is 9.18. The Balaban J connectivity index is 1.40. The second-order valence-electron chi connectivity index (χ2n) is 8.41. The molecule has 1 saturated heterocycles. The summed E-state index contributed by atoms with van der Waals surface area (Å²) < 4.78 is 32.0. The molecule has 0 unspecified atom stereocenters. The van der Waals surface area contributed by atoms with Crippen LogP contribution in [0.25, 0.3) is 22.4 Å². The summed E-state index contributed by atoms with van der Waals surface area (Å²) in [7, 11) is -1.53. The van der Waals surface area contributed by atoms with Gasteiger partial charge >= 0.3 is 0 Å². The molecule has 34 heavy (non-hydrogen) atoms. The molecule has 178 valence electrons. The van der Waals surface area contributed by atoms with Gasteiger partial charge in [-0.05, 0) is 38.0 Å². The molecule has 0 saturated carbocycles. The Morgan fingerprint density at radius 1 is 1.00 bits per heavy atom. The molecule has 0 radical (unpaired) electrons. The second kappa shape index (κ2) is 9.52. The van der Waals surface area contributed by atoms with Crippen LogP contribution in [0.4, 0.5) is 0 Å². The molecular weight excluding hydrogens is 468 g/mol. The van der Waals surface area contributed by atoms with Crippen LogP contribution in [-0.2, 0) is 29.4 Å². The molecule has 0 aliphatic carbocycles. The Bertz CT molecular complexity index is 1410. The van der Waals surface area contributed by atoms with Crippen LogP contribution in [-0.4, -0.2) is 50.1 Å². The molecule has 0 spiro atoms. The summed E-state index contributed by atoms with van der Waals surface area (Å²) in [5.74, 6) is 2.32. The molecule has 10 heteroatoms. The zero-order valence-electron chi connectivity index (χ0n) is 19.4. The van der Waals surface area contributed by atoms with E-state index in [2.05, 4.69) is 21.7 Å². The molecule has 0 amide bonds. The van der Waals surface area contributed by atoms with E-state index in [-0.39, 0.29) is 0 Å². The Morgan fingerprint density at radius 3 is 2.50 bits per heavy atom. The maximum atomic E-state index is 13.1. The summed E-state index contributed by atoms with van der Waals surface area (Å²) in [5, 5.41) is 9.54. The number of thioether (sulfide) groups is 1. The minimum atomic E-state index is -3.49. The molecule has 4 aromatic rings. The second-order valence-corrected chi connectivity index (χ2v) is 11.3. The lowest BCUT2D eigenvalue weighted by Gasteiger charge is -2.25. The van der Waals surface area contributed by atoms with Crippen LogP contribution in [0, 0.1) is 0 Å². The van der Waals surface area contributed by atoms with Gasteiger partial charge in [0.15, 0.2) is 11.0 Å². The molecule has 1 aliphatic rings. The van der Waals surface area contributed by atoms with Gasteiger partial charge in [-0.2, -0.15) is 4.31 Å². The van der Waals surface area contributed by atoms with Crippen LogP contribution >= 0.6 is 11.8 Å². The number of fused-ring (bicyclic) bond motifs is 1. The van der Waals surface area contributed by atoms with Crippen LogP contribution in [0.5, 0.6) is 0 Å². The minimum absolute atomic E-state index is 0.322. The summed E-state index contributed by atoms with van der Waals surface area (Å²) >= 11 is 1.57. The predicted octanol–water partition coefficient (Wildman–Crippen LogP) is 4.32. The van der Waals surface area contributed by atoms with Crippen LogP contribution in [0.1, 0.15) is 32.0 Å². The first-order valence-electron chi connectivity index (χ1n) is 11.6. The van der Waals surface area contributed by atoms with Crippen molar-refractivity contribution in [2.24, 2.45) is 7.05 Å². The number of aryl methyl sites for hydroxylation is 1. The van der Waals surface area contributed by atoms with E-state index >= 15 is 0 Å². The van der Waals surface area contributed by atoms with E-state index in [0.717, 1.165) is 53.7 Å². The lowest BCUT2D eigenvalue weighted by molar-refractivity contribution is 0.346. The molecule has 0 bridgehead atoms. The maximum Gasteiger partial charge on any atom is 0.243 e. The first-order valence-corrected chi connectivity index (χ1v) is 14.0. The Kier molecular flexibility index (Phi) is 6.46. The molecule has 8 nitrogen and oxygen atoms in total. The van der Waals surface area contributed by atoms with Gasteiger partial charge in [0.25, 0.3) is 0 Å². The molecule has 5 rings (SSSR count). The highest BCUT2D eigenvalue weighted by Crippen LogP contribution is 2.29. The van der Waals surface area contributed by atoms with Crippen molar-refractivity contribution < 1.29 is 8.42 Å². The molecule has 0 atom stereocenters.